The van der Waals surface area contributed by atoms with Gasteiger partial charge in [0, 0.05) is 35.9 Å². The Morgan fingerprint density at radius 1 is 0.647 bits per heavy atom. The summed E-state index contributed by atoms with van der Waals surface area (Å²) in [4.78, 5) is 11.3. The van der Waals surface area contributed by atoms with Crippen molar-refractivity contribution in [1.82, 2.24) is 14.5 Å². The summed E-state index contributed by atoms with van der Waals surface area (Å²) in [5.41, 5.74) is 6.93. The van der Waals surface area contributed by atoms with E-state index in [0.29, 0.717) is 0 Å². The molecule has 0 saturated heterocycles. The predicted octanol–water partition coefficient (Wildman–Crippen LogP) is 7.32. The summed E-state index contributed by atoms with van der Waals surface area (Å²) in [6, 6.07) is 34.0. The van der Waals surface area contributed by atoms with Crippen molar-refractivity contribution in [2.45, 2.75) is 6.92 Å². The van der Waals surface area contributed by atoms with Crippen LogP contribution in [0.2, 0.25) is 0 Å². The molecule has 3 aromatic heterocycles. The number of hydrogen-bond donors (Lipinski definition) is 0. The normalized spacial score (nSPS) is 11.2. The van der Waals surface area contributed by atoms with Gasteiger partial charge in [0.1, 0.15) is 11.6 Å². The van der Waals surface area contributed by atoms with Gasteiger partial charge in [-0.3, -0.25) is 4.57 Å². The van der Waals surface area contributed by atoms with Crippen LogP contribution in [0.15, 0.2) is 109 Å². The lowest BCUT2D eigenvalue weighted by Crippen LogP contribution is -2.10. The average Bonchev–Trinajstić information content (AvgIpc) is 3.22. The summed E-state index contributed by atoms with van der Waals surface area (Å²) < 4.78 is 2.27. The van der Waals surface area contributed by atoms with Crippen molar-refractivity contribution in [2.75, 3.05) is 11.9 Å². The molecule has 0 radical (unpaired) electrons. The Morgan fingerprint density at radius 3 is 2.32 bits per heavy atom. The molecule has 0 saturated carbocycles. The first-order chi connectivity index (χ1) is 16.7. The first-order valence-electron chi connectivity index (χ1n) is 11.4. The highest BCUT2D eigenvalue weighted by Gasteiger charge is 2.14. The van der Waals surface area contributed by atoms with Crippen LogP contribution >= 0.6 is 0 Å². The number of hydrogen-bond acceptors (Lipinski definition) is 3. The van der Waals surface area contributed by atoms with Crippen LogP contribution in [0.3, 0.4) is 0 Å². The zero-order valence-electron chi connectivity index (χ0n) is 19.2. The fraction of sp³-hybridized carbons (Fsp3) is 0.0667. The van der Waals surface area contributed by atoms with Crippen LogP contribution in [0.4, 0.5) is 11.5 Å². The summed E-state index contributed by atoms with van der Waals surface area (Å²) in [5.74, 6) is 1.85. The van der Waals surface area contributed by atoms with E-state index in [1.165, 1.54) is 21.9 Å². The largest absolute Gasteiger partial charge is 0.329 e. The van der Waals surface area contributed by atoms with Crippen LogP contribution < -0.4 is 4.90 Å². The molecule has 0 fully saturated rings. The minimum atomic E-state index is 0.917. The van der Waals surface area contributed by atoms with Gasteiger partial charge < -0.3 is 4.90 Å². The van der Waals surface area contributed by atoms with Gasteiger partial charge in [-0.15, -0.1) is 0 Å². The molecule has 0 unspecified atom stereocenters. The van der Waals surface area contributed by atoms with Gasteiger partial charge in [0.25, 0.3) is 0 Å². The van der Waals surface area contributed by atoms with Crippen LogP contribution in [-0.2, 0) is 0 Å². The van der Waals surface area contributed by atoms with Gasteiger partial charge in [0.2, 0.25) is 0 Å². The number of nitrogens with zero attached hydrogens (tertiary/aromatic N) is 4. The van der Waals surface area contributed by atoms with Crippen molar-refractivity contribution in [2.24, 2.45) is 0 Å². The van der Waals surface area contributed by atoms with Gasteiger partial charge in [-0.2, -0.15) is 0 Å². The average molecular weight is 441 g/mol. The molecular formula is C30H24N4. The highest BCUT2D eigenvalue weighted by molar-refractivity contribution is 6.10. The maximum absolute atomic E-state index is 4.70. The highest BCUT2D eigenvalue weighted by Crippen LogP contribution is 2.35. The third-order valence-electron chi connectivity index (χ3n) is 6.36. The molecule has 3 aromatic carbocycles. The lowest BCUT2D eigenvalue weighted by molar-refractivity contribution is 1.07. The molecule has 0 amide bonds. The molecule has 6 rings (SSSR count). The molecule has 4 nitrogen and oxygen atoms in total. The lowest BCUT2D eigenvalue weighted by Gasteiger charge is -2.19. The number of fused-ring (bicyclic) bond motifs is 3. The molecule has 0 atom stereocenters. The van der Waals surface area contributed by atoms with Crippen LogP contribution in [0.5, 0.6) is 0 Å². The maximum Gasteiger partial charge on any atom is 0.137 e. The minimum absolute atomic E-state index is 0.917. The second-order valence-electron chi connectivity index (χ2n) is 8.57. The van der Waals surface area contributed by atoms with Gasteiger partial charge in [0.15, 0.2) is 0 Å². The number of pyridine rings is 2. The number of aryl methyl sites for hydroxylation is 1. The summed E-state index contributed by atoms with van der Waals surface area (Å²) in [6.45, 7) is 2.11. The van der Waals surface area contributed by atoms with Gasteiger partial charge >= 0.3 is 0 Å². The minimum Gasteiger partial charge on any atom is -0.329 e. The standard InChI is InChI=1S/C30H24N4/c1-21-15-17-32-30(18-21)34-27-11-4-3-10-25(27)26-14-13-23(20-28(26)34)22-8-7-9-24(19-22)33(2)29-12-5-6-16-31-29/h3-20H,1-2H3. The monoisotopic (exact) mass is 440 g/mol. The molecule has 6 aromatic rings. The van der Waals surface area contributed by atoms with Gasteiger partial charge in [-0.05, 0) is 72.1 Å². The number of rotatable bonds is 4. The predicted molar refractivity (Wildman–Crippen MR) is 141 cm³/mol. The molecule has 0 spiro atoms. The number of anilines is 2. The number of benzene rings is 3. The van der Waals surface area contributed by atoms with Crippen molar-refractivity contribution in [1.29, 1.82) is 0 Å². The van der Waals surface area contributed by atoms with Crippen LogP contribution in [0.25, 0.3) is 38.8 Å². The first-order valence-corrected chi connectivity index (χ1v) is 11.4. The number of para-hydroxylation sites is 1. The second-order valence-corrected chi connectivity index (χ2v) is 8.57. The molecule has 0 aliphatic carbocycles. The number of aromatic nitrogens is 3. The Labute approximate surface area is 198 Å². The van der Waals surface area contributed by atoms with Crippen LogP contribution in [-0.4, -0.2) is 21.6 Å². The molecular weight excluding hydrogens is 416 g/mol. The van der Waals surface area contributed by atoms with E-state index in [2.05, 4.69) is 94.2 Å². The van der Waals surface area contributed by atoms with Crippen molar-refractivity contribution in [3.8, 4) is 16.9 Å². The quantitative estimate of drug-likeness (QED) is 0.288. The molecule has 0 bridgehead atoms. The SMILES string of the molecule is Cc1ccnc(-n2c3ccccc3c3ccc(-c4cccc(N(C)c5ccccn5)c4)cc32)c1. The summed E-state index contributed by atoms with van der Waals surface area (Å²) >= 11 is 0. The van der Waals surface area contributed by atoms with Crippen LogP contribution in [0.1, 0.15) is 5.56 Å². The van der Waals surface area contributed by atoms with Gasteiger partial charge in [0.05, 0.1) is 11.0 Å². The van der Waals surface area contributed by atoms with Gasteiger partial charge in [-0.25, -0.2) is 9.97 Å². The summed E-state index contributed by atoms with van der Waals surface area (Å²) in [5, 5.41) is 2.46. The van der Waals surface area contributed by atoms with Gasteiger partial charge in [-0.1, -0.05) is 48.5 Å². The third kappa shape index (κ3) is 3.41. The van der Waals surface area contributed by atoms with Crippen molar-refractivity contribution in [3.63, 3.8) is 0 Å². The van der Waals surface area contributed by atoms with E-state index >= 15 is 0 Å². The smallest absolute Gasteiger partial charge is 0.137 e. The van der Waals surface area contributed by atoms with Crippen LogP contribution in [0, 0.1) is 6.92 Å². The van der Waals surface area contributed by atoms with E-state index in [9.17, 15) is 0 Å². The molecule has 0 aliphatic rings. The van der Waals surface area contributed by atoms with E-state index in [0.717, 1.165) is 33.9 Å². The van der Waals surface area contributed by atoms with Crippen molar-refractivity contribution < 1.29 is 0 Å². The maximum atomic E-state index is 4.70. The fourth-order valence-corrected chi connectivity index (χ4v) is 4.62. The van der Waals surface area contributed by atoms with Crippen molar-refractivity contribution in [3.05, 3.63) is 115 Å². The Balaban J connectivity index is 1.52. The zero-order valence-corrected chi connectivity index (χ0v) is 19.2. The van der Waals surface area contributed by atoms with E-state index in [1.54, 1.807) is 0 Å². The highest BCUT2D eigenvalue weighted by atomic mass is 15.2. The summed E-state index contributed by atoms with van der Waals surface area (Å²) in [6.07, 6.45) is 3.70. The third-order valence-corrected chi connectivity index (χ3v) is 6.36. The molecule has 3 heterocycles. The Morgan fingerprint density at radius 2 is 1.47 bits per heavy atom. The molecule has 0 N–H and O–H groups in total. The van der Waals surface area contributed by atoms with Crippen molar-refractivity contribution >= 4 is 33.3 Å². The Hall–Kier alpha value is -4.44. The molecule has 4 heteroatoms. The van der Waals surface area contributed by atoms with E-state index in [1.807, 2.05) is 43.7 Å². The summed E-state index contributed by atoms with van der Waals surface area (Å²) in [7, 11) is 2.05. The van der Waals surface area contributed by atoms with E-state index < -0.39 is 0 Å². The van der Waals surface area contributed by atoms with E-state index in [4.69, 9.17) is 4.98 Å². The first kappa shape index (κ1) is 20.2. The molecule has 34 heavy (non-hydrogen) atoms. The van der Waals surface area contributed by atoms with E-state index in [-0.39, 0.29) is 0 Å². The Kier molecular flexibility index (Phi) is 4.84. The Bertz CT molecular complexity index is 1630. The fourth-order valence-electron chi connectivity index (χ4n) is 4.62. The molecule has 164 valence electrons. The lowest BCUT2D eigenvalue weighted by atomic mass is 10.0. The molecule has 0 aliphatic heterocycles. The second kappa shape index (κ2) is 8.16. The topological polar surface area (TPSA) is 34.0 Å². The zero-order chi connectivity index (χ0) is 23.1.